The van der Waals surface area contributed by atoms with E-state index in [1.54, 1.807) is 29.3 Å². The highest BCUT2D eigenvalue weighted by atomic mass is 16.4. The number of benzene rings is 1. The van der Waals surface area contributed by atoms with Crippen LogP contribution in [-0.4, -0.2) is 64.3 Å². The Kier molecular flexibility index (Phi) is 5.63. The van der Waals surface area contributed by atoms with Crippen molar-refractivity contribution in [3.05, 3.63) is 59.4 Å². The number of hydrogen-bond acceptors (Lipinski definition) is 6. The van der Waals surface area contributed by atoms with E-state index in [0.29, 0.717) is 31.5 Å². The number of nitrogens with zero attached hydrogens (tertiary/aromatic N) is 2. The van der Waals surface area contributed by atoms with Crippen LogP contribution in [0, 0.1) is 0 Å². The lowest BCUT2D eigenvalue weighted by atomic mass is 9.77. The third-order valence-corrected chi connectivity index (χ3v) is 4.45. The smallest absolute Gasteiger partial charge is 0.423 e. The molecule has 0 saturated carbocycles. The number of nitrogens with one attached hydrogen (secondary N) is 1. The summed E-state index contributed by atoms with van der Waals surface area (Å²) >= 11 is 0. The summed E-state index contributed by atoms with van der Waals surface area (Å²) in [6, 6.07) is 8.96. The van der Waals surface area contributed by atoms with Crippen molar-refractivity contribution in [2.45, 2.75) is 12.5 Å². The van der Waals surface area contributed by atoms with Crippen molar-refractivity contribution >= 4 is 30.7 Å². The molecule has 1 aliphatic heterocycles. The Hall–Kier alpha value is -3.04. The predicted octanol–water partition coefficient (Wildman–Crippen LogP) is -0.782. The number of carbonyl (C=O) groups is 3. The quantitative estimate of drug-likeness (QED) is 0.471. The number of aldehydes is 1. The van der Waals surface area contributed by atoms with Crippen LogP contribution in [0.1, 0.15) is 37.6 Å². The Bertz CT molecular complexity index is 859. The van der Waals surface area contributed by atoms with Gasteiger partial charge in [-0.05, 0) is 36.1 Å². The van der Waals surface area contributed by atoms with Crippen LogP contribution in [0.15, 0.2) is 42.6 Å². The summed E-state index contributed by atoms with van der Waals surface area (Å²) < 4.78 is 0. The van der Waals surface area contributed by atoms with E-state index < -0.39 is 13.0 Å². The maximum Gasteiger partial charge on any atom is 0.489 e. The normalized spacial score (nSPS) is 16.1. The standard InChI is InChI=1S/C18H18BN3O5/c23-11-13-9-12(4-5-15(13)19(26)27)17(24)21-14-6-8-22(10-14)18(25)16-3-1-2-7-20-16/h1-5,7,9,11,14,26-27H,6,8,10H2,(H,21,24). The van der Waals surface area contributed by atoms with Crippen LogP contribution in [0.3, 0.4) is 0 Å². The average molecular weight is 367 g/mol. The molecule has 0 radical (unpaired) electrons. The van der Waals surface area contributed by atoms with Crippen LogP contribution in [0.4, 0.5) is 0 Å². The Morgan fingerprint density at radius 1 is 1.26 bits per heavy atom. The SMILES string of the molecule is O=Cc1cc(C(=O)NC2CCN(C(=O)c3ccccn3)C2)ccc1B(O)O. The highest BCUT2D eigenvalue weighted by Crippen LogP contribution is 2.13. The van der Waals surface area contributed by atoms with Gasteiger partial charge in [-0.2, -0.15) is 0 Å². The van der Waals surface area contributed by atoms with Gasteiger partial charge in [-0.1, -0.05) is 12.1 Å². The van der Waals surface area contributed by atoms with E-state index in [4.69, 9.17) is 0 Å². The fourth-order valence-electron chi connectivity index (χ4n) is 3.04. The van der Waals surface area contributed by atoms with Crippen LogP contribution in [0.5, 0.6) is 0 Å². The molecule has 1 aromatic heterocycles. The zero-order valence-corrected chi connectivity index (χ0v) is 14.4. The Labute approximate surface area is 156 Å². The third-order valence-electron chi connectivity index (χ3n) is 4.45. The summed E-state index contributed by atoms with van der Waals surface area (Å²) in [7, 11) is -1.79. The molecule has 1 aromatic carbocycles. The van der Waals surface area contributed by atoms with E-state index in [2.05, 4.69) is 10.3 Å². The molecule has 2 aromatic rings. The van der Waals surface area contributed by atoms with Gasteiger partial charge in [0.25, 0.3) is 11.8 Å². The molecule has 1 atom stereocenters. The summed E-state index contributed by atoms with van der Waals surface area (Å²) in [4.78, 5) is 41.6. The van der Waals surface area contributed by atoms with Gasteiger partial charge in [0.15, 0.2) is 0 Å². The van der Waals surface area contributed by atoms with Crippen LogP contribution in [0.2, 0.25) is 0 Å². The fraction of sp³-hybridized carbons (Fsp3) is 0.222. The number of pyridine rings is 1. The van der Waals surface area contributed by atoms with Gasteiger partial charge in [-0.3, -0.25) is 19.4 Å². The van der Waals surface area contributed by atoms with Crippen LogP contribution in [0.25, 0.3) is 0 Å². The topological polar surface area (TPSA) is 120 Å². The van der Waals surface area contributed by atoms with Crippen molar-refractivity contribution in [3.8, 4) is 0 Å². The Morgan fingerprint density at radius 2 is 2.07 bits per heavy atom. The second-order valence-electron chi connectivity index (χ2n) is 6.26. The zero-order valence-electron chi connectivity index (χ0n) is 14.4. The molecular weight excluding hydrogens is 349 g/mol. The molecule has 1 fully saturated rings. The van der Waals surface area contributed by atoms with E-state index in [1.807, 2.05) is 0 Å². The molecule has 3 N–H and O–H groups in total. The van der Waals surface area contributed by atoms with Crippen LogP contribution < -0.4 is 10.8 Å². The van der Waals surface area contributed by atoms with Crippen molar-refractivity contribution < 1.29 is 24.4 Å². The van der Waals surface area contributed by atoms with Crippen molar-refractivity contribution in [1.82, 2.24) is 15.2 Å². The molecule has 0 bridgehead atoms. The molecule has 1 saturated heterocycles. The molecule has 2 heterocycles. The first-order valence-electron chi connectivity index (χ1n) is 8.46. The number of amides is 2. The summed E-state index contributed by atoms with van der Waals surface area (Å²) in [5.41, 5.74) is 0.667. The minimum atomic E-state index is -1.79. The van der Waals surface area contributed by atoms with Crippen molar-refractivity contribution in [1.29, 1.82) is 0 Å². The van der Waals surface area contributed by atoms with Crippen molar-refractivity contribution in [2.75, 3.05) is 13.1 Å². The molecule has 3 rings (SSSR count). The first-order valence-corrected chi connectivity index (χ1v) is 8.46. The molecule has 0 spiro atoms. The van der Waals surface area contributed by atoms with Crippen LogP contribution in [-0.2, 0) is 0 Å². The van der Waals surface area contributed by atoms with E-state index >= 15 is 0 Å². The summed E-state index contributed by atoms with van der Waals surface area (Å²) in [6.45, 7) is 0.880. The Balaban J connectivity index is 1.64. The third kappa shape index (κ3) is 4.21. The van der Waals surface area contributed by atoms with Crippen molar-refractivity contribution in [2.24, 2.45) is 0 Å². The van der Waals surface area contributed by atoms with Gasteiger partial charge in [0.2, 0.25) is 0 Å². The van der Waals surface area contributed by atoms with E-state index in [1.165, 1.54) is 18.2 Å². The number of hydrogen-bond donors (Lipinski definition) is 3. The van der Waals surface area contributed by atoms with Gasteiger partial charge in [-0.15, -0.1) is 0 Å². The van der Waals surface area contributed by atoms with Gasteiger partial charge in [0.1, 0.15) is 12.0 Å². The van der Waals surface area contributed by atoms with Gasteiger partial charge in [0, 0.05) is 36.5 Å². The van der Waals surface area contributed by atoms with E-state index in [0.717, 1.165) is 0 Å². The number of likely N-dealkylation sites (tertiary alicyclic amines) is 1. The van der Waals surface area contributed by atoms with E-state index in [-0.39, 0.29) is 28.5 Å². The lowest BCUT2D eigenvalue weighted by molar-refractivity contribution is 0.0777. The predicted molar refractivity (Wildman–Crippen MR) is 97.7 cm³/mol. The van der Waals surface area contributed by atoms with Crippen molar-refractivity contribution in [3.63, 3.8) is 0 Å². The Morgan fingerprint density at radius 3 is 2.74 bits per heavy atom. The maximum absolute atomic E-state index is 12.4. The molecule has 1 aliphatic rings. The summed E-state index contributed by atoms with van der Waals surface area (Å²) in [5, 5.41) is 21.3. The number of carbonyl (C=O) groups excluding carboxylic acids is 3. The molecule has 27 heavy (non-hydrogen) atoms. The van der Waals surface area contributed by atoms with Gasteiger partial charge in [-0.25, -0.2) is 0 Å². The highest BCUT2D eigenvalue weighted by molar-refractivity contribution is 6.60. The molecular formula is C18H18BN3O5. The largest absolute Gasteiger partial charge is 0.489 e. The molecule has 8 nitrogen and oxygen atoms in total. The second kappa shape index (κ2) is 8.11. The average Bonchev–Trinajstić information content (AvgIpc) is 3.15. The lowest BCUT2D eigenvalue weighted by Gasteiger charge is -2.17. The fourth-order valence-corrected chi connectivity index (χ4v) is 3.04. The summed E-state index contributed by atoms with van der Waals surface area (Å²) in [5.74, 6) is -0.578. The number of rotatable bonds is 5. The molecule has 2 amide bonds. The maximum atomic E-state index is 12.4. The number of aromatic nitrogens is 1. The minimum Gasteiger partial charge on any atom is -0.423 e. The lowest BCUT2D eigenvalue weighted by Crippen LogP contribution is -2.39. The molecule has 138 valence electrons. The minimum absolute atomic E-state index is 0.0366. The van der Waals surface area contributed by atoms with Crippen LogP contribution >= 0.6 is 0 Å². The monoisotopic (exact) mass is 367 g/mol. The van der Waals surface area contributed by atoms with Gasteiger partial charge in [0.05, 0.1) is 0 Å². The first kappa shape index (κ1) is 18.7. The first-order chi connectivity index (χ1) is 13.0. The molecule has 0 aliphatic carbocycles. The molecule has 1 unspecified atom stereocenters. The van der Waals surface area contributed by atoms with Gasteiger partial charge >= 0.3 is 7.12 Å². The second-order valence-corrected chi connectivity index (χ2v) is 6.26. The zero-order chi connectivity index (χ0) is 19.4. The van der Waals surface area contributed by atoms with E-state index in [9.17, 15) is 24.4 Å². The van der Waals surface area contributed by atoms with Gasteiger partial charge < -0.3 is 20.3 Å². The molecule has 9 heteroatoms. The highest BCUT2D eigenvalue weighted by Gasteiger charge is 2.29. The summed E-state index contributed by atoms with van der Waals surface area (Å²) in [6.07, 6.45) is 2.63.